The number of rotatable bonds is 7. The molecule has 0 aliphatic carbocycles. The van der Waals surface area contributed by atoms with Crippen molar-refractivity contribution >= 4 is 0 Å². The molecule has 2 unspecified atom stereocenters. The van der Waals surface area contributed by atoms with E-state index in [1.54, 1.807) is 0 Å². The topological polar surface area (TPSA) is 42.4 Å². The van der Waals surface area contributed by atoms with Crippen molar-refractivity contribution in [1.82, 2.24) is 4.90 Å². The lowest BCUT2D eigenvalue weighted by Gasteiger charge is -2.29. The number of hydrogen-bond acceptors (Lipinski definition) is 3. The highest BCUT2D eigenvalue weighted by Gasteiger charge is 2.23. The van der Waals surface area contributed by atoms with Gasteiger partial charge in [-0.25, -0.2) is 0 Å². The number of hydrogen-bond donors (Lipinski definition) is 1. The van der Waals surface area contributed by atoms with Gasteiger partial charge in [-0.05, 0) is 46.0 Å². The van der Waals surface area contributed by atoms with Crippen molar-refractivity contribution in [2.24, 2.45) is 5.73 Å². The van der Waals surface area contributed by atoms with Crippen molar-refractivity contribution in [3.8, 4) is 0 Å². The summed E-state index contributed by atoms with van der Waals surface area (Å²) in [4.78, 5) is 2.30. The molecule has 17 heavy (non-hydrogen) atoms. The minimum atomic E-state index is 0.0761. The summed E-state index contributed by atoms with van der Waals surface area (Å²) in [5.41, 5.74) is 6.08. The molecule has 0 radical (unpaired) electrons. The van der Waals surface area contributed by atoms with Crippen molar-refractivity contribution in [3.63, 3.8) is 0 Å². The summed E-state index contributed by atoms with van der Waals surface area (Å²) in [6, 6.07) is 4.30. The summed E-state index contributed by atoms with van der Waals surface area (Å²) in [7, 11) is 2.13. The van der Waals surface area contributed by atoms with Crippen LogP contribution in [0.5, 0.6) is 0 Å². The Kier molecular flexibility index (Phi) is 5.72. The maximum atomic E-state index is 6.08. The molecule has 3 heteroatoms. The first-order chi connectivity index (χ1) is 8.06. The molecule has 0 aliphatic heterocycles. The summed E-state index contributed by atoms with van der Waals surface area (Å²) in [5.74, 6) is 1.93. The molecule has 0 amide bonds. The van der Waals surface area contributed by atoms with Crippen LogP contribution in [0.2, 0.25) is 0 Å². The monoisotopic (exact) mass is 238 g/mol. The number of nitrogens with zero attached hydrogens (tertiary/aromatic N) is 1. The van der Waals surface area contributed by atoms with Gasteiger partial charge in [0.05, 0.1) is 6.04 Å². The quantitative estimate of drug-likeness (QED) is 0.742. The molecule has 1 aromatic heterocycles. The Bertz CT molecular complexity index is 320. The van der Waals surface area contributed by atoms with Gasteiger partial charge in [0.15, 0.2) is 0 Å². The van der Waals surface area contributed by atoms with Gasteiger partial charge in [0.1, 0.15) is 11.5 Å². The number of unbranched alkanes of at least 4 members (excludes halogenated alkanes) is 2. The van der Waals surface area contributed by atoms with Crippen molar-refractivity contribution in [3.05, 3.63) is 23.7 Å². The van der Waals surface area contributed by atoms with E-state index in [-0.39, 0.29) is 12.1 Å². The maximum Gasteiger partial charge on any atom is 0.122 e. The third kappa shape index (κ3) is 4.17. The van der Waals surface area contributed by atoms with Gasteiger partial charge in [-0.1, -0.05) is 19.8 Å². The second-order valence-corrected chi connectivity index (χ2v) is 4.94. The average molecular weight is 238 g/mol. The number of likely N-dealkylation sites (N-methyl/N-ethyl adjacent to an activating group) is 1. The number of nitrogens with two attached hydrogens (primary N) is 1. The lowest BCUT2D eigenvalue weighted by Crippen LogP contribution is -2.37. The van der Waals surface area contributed by atoms with Gasteiger partial charge in [-0.3, -0.25) is 4.90 Å². The Balaban J connectivity index is 2.65. The molecule has 1 rings (SSSR count). The molecule has 1 aromatic rings. The highest BCUT2D eigenvalue weighted by Crippen LogP contribution is 2.24. The molecule has 1 heterocycles. The van der Waals surface area contributed by atoms with Gasteiger partial charge < -0.3 is 10.2 Å². The summed E-state index contributed by atoms with van der Waals surface area (Å²) < 4.78 is 5.71. The summed E-state index contributed by atoms with van der Waals surface area (Å²) in [6.07, 6.45) is 3.74. The molecule has 98 valence electrons. The van der Waals surface area contributed by atoms with E-state index in [0.29, 0.717) is 0 Å². The third-order valence-electron chi connectivity index (χ3n) is 3.14. The second kappa shape index (κ2) is 6.82. The molecule has 0 bridgehead atoms. The van der Waals surface area contributed by atoms with Crippen LogP contribution in [0.4, 0.5) is 0 Å². The van der Waals surface area contributed by atoms with Crippen LogP contribution in [-0.4, -0.2) is 24.5 Å². The van der Waals surface area contributed by atoms with Crippen LogP contribution in [0.25, 0.3) is 0 Å². The Labute approximate surface area is 105 Å². The zero-order valence-corrected chi connectivity index (χ0v) is 11.6. The van der Waals surface area contributed by atoms with Crippen LogP contribution in [0.1, 0.15) is 50.7 Å². The van der Waals surface area contributed by atoms with Crippen LogP contribution in [0.15, 0.2) is 16.5 Å². The SMILES string of the molecule is CCCCCN(C)C(c1ccc(C)o1)C(C)N. The minimum Gasteiger partial charge on any atom is -0.465 e. The van der Waals surface area contributed by atoms with Crippen LogP contribution in [0.3, 0.4) is 0 Å². The lowest BCUT2D eigenvalue weighted by molar-refractivity contribution is 0.187. The van der Waals surface area contributed by atoms with Crippen LogP contribution >= 0.6 is 0 Å². The normalized spacial score (nSPS) is 15.2. The van der Waals surface area contributed by atoms with Crippen molar-refractivity contribution < 1.29 is 4.42 Å². The van der Waals surface area contributed by atoms with Crippen molar-refractivity contribution in [2.45, 2.75) is 52.1 Å². The predicted molar refractivity (Wildman–Crippen MR) is 72.0 cm³/mol. The average Bonchev–Trinajstić information content (AvgIpc) is 2.65. The summed E-state index contributed by atoms with van der Waals surface area (Å²) >= 11 is 0. The molecule has 3 nitrogen and oxygen atoms in total. The first kappa shape index (κ1) is 14.3. The summed E-state index contributed by atoms with van der Waals surface area (Å²) in [6.45, 7) is 7.30. The van der Waals surface area contributed by atoms with E-state index in [2.05, 4.69) is 18.9 Å². The Hall–Kier alpha value is -0.800. The fraction of sp³-hybridized carbons (Fsp3) is 0.714. The zero-order chi connectivity index (χ0) is 12.8. The van der Waals surface area contributed by atoms with Crippen molar-refractivity contribution in [2.75, 3.05) is 13.6 Å². The van der Waals surface area contributed by atoms with Gasteiger partial charge in [0.25, 0.3) is 0 Å². The van der Waals surface area contributed by atoms with E-state index in [1.165, 1.54) is 19.3 Å². The highest BCUT2D eigenvalue weighted by molar-refractivity contribution is 5.11. The van der Waals surface area contributed by atoms with E-state index in [1.807, 2.05) is 26.0 Å². The van der Waals surface area contributed by atoms with E-state index < -0.39 is 0 Å². The second-order valence-electron chi connectivity index (χ2n) is 4.94. The maximum absolute atomic E-state index is 6.08. The largest absolute Gasteiger partial charge is 0.465 e. The first-order valence-electron chi connectivity index (χ1n) is 6.58. The standard InChI is InChI=1S/C14H26N2O/c1-5-6-7-10-16(4)14(12(3)15)13-9-8-11(2)17-13/h8-9,12,14H,5-7,10,15H2,1-4H3. The van der Waals surface area contributed by atoms with E-state index in [9.17, 15) is 0 Å². The summed E-state index contributed by atoms with van der Waals surface area (Å²) in [5, 5.41) is 0. The van der Waals surface area contributed by atoms with Gasteiger partial charge >= 0.3 is 0 Å². The van der Waals surface area contributed by atoms with Crippen LogP contribution in [-0.2, 0) is 0 Å². The van der Waals surface area contributed by atoms with E-state index in [0.717, 1.165) is 18.1 Å². The third-order valence-corrected chi connectivity index (χ3v) is 3.14. The fourth-order valence-corrected chi connectivity index (χ4v) is 2.24. The molecule has 2 atom stereocenters. The van der Waals surface area contributed by atoms with Crippen LogP contribution < -0.4 is 5.73 Å². The Morgan fingerprint density at radius 2 is 2.06 bits per heavy atom. The van der Waals surface area contributed by atoms with Gasteiger partial charge in [-0.15, -0.1) is 0 Å². The molecule has 0 aliphatic rings. The van der Waals surface area contributed by atoms with Crippen LogP contribution in [0, 0.1) is 6.92 Å². The van der Waals surface area contributed by atoms with Gasteiger partial charge in [0.2, 0.25) is 0 Å². The molecule has 0 saturated carbocycles. The molecule has 2 N–H and O–H groups in total. The molecular formula is C14H26N2O. The minimum absolute atomic E-state index is 0.0761. The zero-order valence-electron chi connectivity index (χ0n) is 11.6. The van der Waals surface area contributed by atoms with Gasteiger partial charge in [-0.2, -0.15) is 0 Å². The molecular weight excluding hydrogens is 212 g/mol. The Morgan fingerprint density at radius 3 is 2.53 bits per heavy atom. The molecule has 0 fully saturated rings. The predicted octanol–water partition coefficient (Wildman–Crippen LogP) is 3.10. The first-order valence-corrected chi connectivity index (χ1v) is 6.58. The Morgan fingerprint density at radius 1 is 1.35 bits per heavy atom. The molecule has 0 spiro atoms. The molecule has 0 aromatic carbocycles. The number of aryl methyl sites for hydroxylation is 1. The number of furan rings is 1. The van der Waals surface area contributed by atoms with E-state index in [4.69, 9.17) is 10.2 Å². The fourth-order valence-electron chi connectivity index (χ4n) is 2.24. The smallest absolute Gasteiger partial charge is 0.122 e. The van der Waals surface area contributed by atoms with Gasteiger partial charge in [0, 0.05) is 6.04 Å². The highest BCUT2D eigenvalue weighted by atomic mass is 16.3. The van der Waals surface area contributed by atoms with E-state index >= 15 is 0 Å². The molecule has 0 saturated heterocycles. The lowest BCUT2D eigenvalue weighted by atomic mass is 10.1. The van der Waals surface area contributed by atoms with Crippen molar-refractivity contribution in [1.29, 1.82) is 0 Å².